The van der Waals surface area contributed by atoms with Crippen LogP contribution in [-0.4, -0.2) is 28.9 Å². The Morgan fingerprint density at radius 3 is 2.55 bits per heavy atom. The summed E-state index contributed by atoms with van der Waals surface area (Å²) in [4.78, 5) is 10.5. The van der Waals surface area contributed by atoms with Crippen LogP contribution in [0.3, 0.4) is 0 Å². The zero-order valence-electron chi connectivity index (χ0n) is 6.87. The minimum atomic E-state index is -0.833. The van der Waals surface area contributed by atoms with E-state index >= 15 is 0 Å². The lowest BCUT2D eigenvalue weighted by Gasteiger charge is -2.16. The average molecular weight is 177 g/mol. The molecule has 4 heteroatoms. The summed E-state index contributed by atoms with van der Waals surface area (Å²) in [7, 11) is 0. The van der Waals surface area contributed by atoms with Crippen molar-refractivity contribution in [2.75, 3.05) is 5.75 Å². The Bertz CT molecular complexity index is 130. The Morgan fingerprint density at radius 1 is 1.73 bits per heavy atom. The highest BCUT2D eigenvalue weighted by Gasteiger charge is 2.16. The Hall–Kier alpha value is -0.220. The predicted octanol–water partition coefficient (Wildman–Crippen LogP) is 0.758. The van der Waals surface area contributed by atoms with Crippen LogP contribution in [0.1, 0.15) is 20.3 Å². The molecule has 66 valence electrons. The average Bonchev–Trinajstić information content (AvgIpc) is 1.99. The molecule has 0 rings (SSSR count). The van der Waals surface area contributed by atoms with E-state index in [1.165, 1.54) is 0 Å². The minimum absolute atomic E-state index is 0.239. The molecule has 0 unspecified atom stereocenters. The second kappa shape index (κ2) is 5.43. The van der Waals surface area contributed by atoms with Crippen molar-refractivity contribution < 1.29 is 9.90 Å². The molecule has 0 bridgehead atoms. The summed E-state index contributed by atoms with van der Waals surface area (Å²) in [5, 5.41) is 11.5. The van der Waals surface area contributed by atoms with Gasteiger partial charge in [0.2, 0.25) is 0 Å². The van der Waals surface area contributed by atoms with Crippen LogP contribution in [0.5, 0.6) is 0 Å². The van der Waals surface area contributed by atoms with Crippen molar-refractivity contribution in [3.05, 3.63) is 0 Å². The van der Waals surface area contributed by atoms with E-state index < -0.39 is 12.0 Å². The Morgan fingerprint density at radius 2 is 2.27 bits per heavy atom. The summed E-state index contributed by atoms with van der Waals surface area (Å²) < 4.78 is 0. The van der Waals surface area contributed by atoms with E-state index in [9.17, 15) is 4.79 Å². The van der Waals surface area contributed by atoms with Crippen LogP contribution >= 0.6 is 12.6 Å². The summed E-state index contributed by atoms with van der Waals surface area (Å²) in [6, 6.07) is -0.281. The van der Waals surface area contributed by atoms with E-state index in [1.54, 1.807) is 0 Å². The highest BCUT2D eigenvalue weighted by molar-refractivity contribution is 7.80. The van der Waals surface area contributed by atoms with Gasteiger partial charge < -0.3 is 10.4 Å². The first-order valence-electron chi connectivity index (χ1n) is 3.71. The maximum absolute atomic E-state index is 10.5. The number of rotatable bonds is 5. The minimum Gasteiger partial charge on any atom is -0.480 e. The van der Waals surface area contributed by atoms with Crippen LogP contribution < -0.4 is 5.32 Å². The molecule has 2 N–H and O–H groups in total. The third kappa shape index (κ3) is 4.27. The molecule has 0 aliphatic rings. The topological polar surface area (TPSA) is 49.3 Å². The van der Waals surface area contributed by atoms with Crippen LogP contribution in [0, 0.1) is 0 Å². The molecule has 0 fully saturated rings. The Kier molecular flexibility index (Phi) is 5.32. The number of carboxylic acid groups (broad SMARTS) is 1. The lowest BCUT2D eigenvalue weighted by molar-refractivity contribution is -0.139. The zero-order chi connectivity index (χ0) is 8.85. The molecular formula is C7H15NO2S. The van der Waals surface area contributed by atoms with Gasteiger partial charge in [0.1, 0.15) is 6.04 Å². The van der Waals surface area contributed by atoms with Gasteiger partial charge >= 0.3 is 5.97 Å². The quantitative estimate of drug-likeness (QED) is 0.543. The summed E-state index contributed by atoms with van der Waals surface area (Å²) >= 11 is 3.93. The largest absolute Gasteiger partial charge is 0.480 e. The van der Waals surface area contributed by atoms with Gasteiger partial charge in [0.05, 0.1) is 0 Å². The van der Waals surface area contributed by atoms with E-state index in [0.717, 1.165) is 6.42 Å². The van der Waals surface area contributed by atoms with Gasteiger partial charge in [-0.1, -0.05) is 6.92 Å². The Balaban J connectivity index is 3.77. The van der Waals surface area contributed by atoms with Crippen molar-refractivity contribution in [3.63, 3.8) is 0 Å². The van der Waals surface area contributed by atoms with Crippen molar-refractivity contribution in [1.82, 2.24) is 5.32 Å². The molecule has 11 heavy (non-hydrogen) atoms. The van der Waals surface area contributed by atoms with Gasteiger partial charge in [-0.15, -0.1) is 0 Å². The SMILES string of the molecule is CC[C@@H](C)N[C@H](CS)C(=O)O. The number of aliphatic carboxylic acids is 1. The maximum atomic E-state index is 10.5. The molecule has 0 heterocycles. The highest BCUT2D eigenvalue weighted by Crippen LogP contribution is 1.94. The van der Waals surface area contributed by atoms with Gasteiger partial charge in [-0.25, -0.2) is 0 Å². The molecule has 0 saturated carbocycles. The van der Waals surface area contributed by atoms with Gasteiger partial charge in [-0.3, -0.25) is 4.79 Å². The smallest absolute Gasteiger partial charge is 0.321 e. The van der Waals surface area contributed by atoms with Crippen molar-refractivity contribution in [2.45, 2.75) is 32.4 Å². The second-order valence-electron chi connectivity index (χ2n) is 2.55. The van der Waals surface area contributed by atoms with Crippen LogP contribution in [0.4, 0.5) is 0 Å². The van der Waals surface area contributed by atoms with Crippen LogP contribution in [0.2, 0.25) is 0 Å². The normalized spacial score (nSPS) is 15.9. The third-order valence-electron chi connectivity index (χ3n) is 1.58. The molecule has 0 aromatic heterocycles. The molecule has 0 saturated heterocycles. The molecule has 0 aliphatic carbocycles. The fraction of sp³-hybridized carbons (Fsp3) is 0.857. The highest BCUT2D eigenvalue weighted by atomic mass is 32.1. The first-order valence-corrected chi connectivity index (χ1v) is 4.34. The van der Waals surface area contributed by atoms with E-state index in [-0.39, 0.29) is 6.04 Å². The van der Waals surface area contributed by atoms with Crippen molar-refractivity contribution >= 4 is 18.6 Å². The van der Waals surface area contributed by atoms with Crippen molar-refractivity contribution in [1.29, 1.82) is 0 Å². The second-order valence-corrected chi connectivity index (χ2v) is 2.91. The van der Waals surface area contributed by atoms with Crippen LogP contribution in [-0.2, 0) is 4.79 Å². The van der Waals surface area contributed by atoms with E-state index in [0.29, 0.717) is 5.75 Å². The van der Waals surface area contributed by atoms with E-state index in [2.05, 4.69) is 17.9 Å². The monoisotopic (exact) mass is 177 g/mol. The molecule has 0 amide bonds. The lowest BCUT2D eigenvalue weighted by Crippen LogP contribution is -2.43. The molecule has 0 aliphatic heterocycles. The summed E-state index contributed by atoms with van der Waals surface area (Å²) in [5.41, 5.74) is 0. The van der Waals surface area contributed by atoms with Gasteiger partial charge in [-0.05, 0) is 13.3 Å². The number of hydrogen-bond donors (Lipinski definition) is 3. The fourth-order valence-corrected chi connectivity index (χ4v) is 0.925. The molecule has 0 radical (unpaired) electrons. The molecular weight excluding hydrogens is 162 g/mol. The van der Waals surface area contributed by atoms with E-state index in [1.807, 2.05) is 13.8 Å². The first kappa shape index (κ1) is 10.8. The van der Waals surface area contributed by atoms with Crippen LogP contribution in [0.15, 0.2) is 0 Å². The predicted molar refractivity (Wildman–Crippen MR) is 48.2 cm³/mol. The van der Waals surface area contributed by atoms with Crippen molar-refractivity contribution in [3.8, 4) is 0 Å². The number of carbonyl (C=O) groups is 1. The summed E-state index contributed by atoms with van der Waals surface area (Å²) in [6.07, 6.45) is 0.928. The Labute approximate surface area is 72.6 Å². The van der Waals surface area contributed by atoms with Gasteiger partial charge in [0.15, 0.2) is 0 Å². The third-order valence-corrected chi connectivity index (χ3v) is 1.94. The standard InChI is InChI=1S/C7H15NO2S/c1-3-5(2)8-6(4-11)7(9)10/h5-6,8,11H,3-4H2,1-2H3,(H,9,10)/t5-,6-/m1/s1. The first-order chi connectivity index (χ1) is 5.11. The fourth-order valence-electron chi connectivity index (χ4n) is 0.663. The molecule has 0 spiro atoms. The molecule has 0 aromatic carbocycles. The summed E-state index contributed by atoms with van der Waals surface area (Å²) in [5.74, 6) is -0.500. The van der Waals surface area contributed by atoms with Gasteiger partial charge in [0.25, 0.3) is 0 Å². The lowest BCUT2D eigenvalue weighted by atomic mass is 10.2. The number of carboxylic acids is 1. The van der Waals surface area contributed by atoms with Crippen LogP contribution in [0.25, 0.3) is 0 Å². The number of hydrogen-bond acceptors (Lipinski definition) is 3. The molecule has 3 nitrogen and oxygen atoms in total. The number of nitrogens with one attached hydrogen (secondary N) is 1. The molecule has 0 aromatic rings. The van der Waals surface area contributed by atoms with Gasteiger partial charge in [0, 0.05) is 11.8 Å². The van der Waals surface area contributed by atoms with Crippen molar-refractivity contribution in [2.24, 2.45) is 0 Å². The van der Waals surface area contributed by atoms with Gasteiger partial charge in [-0.2, -0.15) is 12.6 Å². The summed E-state index contributed by atoms with van der Waals surface area (Å²) in [6.45, 7) is 3.97. The number of thiol groups is 1. The molecule has 2 atom stereocenters. The van der Waals surface area contributed by atoms with E-state index in [4.69, 9.17) is 5.11 Å². The maximum Gasteiger partial charge on any atom is 0.321 e. The zero-order valence-corrected chi connectivity index (χ0v) is 7.77.